The molecule has 1 fully saturated rings. The van der Waals surface area contributed by atoms with Crippen molar-refractivity contribution in [3.8, 4) is 0 Å². The fraction of sp³-hybridized carbons (Fsp3) is 0.545. The van der Waals surface area contributed by atoms with Crippen LogP contribution < -0.4 is 5.73 Å². The Labute approximate surface area is 96.8 Å². The number of halogens is 3. The highest BCUT2D eigenvalue weighted by Gasteiger charge is 2.37. The van der Waals surface area contributed by atoms with E-state index in [0.29, 0.717) is 13.0 Å². The number of rotatable bonds is 2. The summed E-state index contributed by atoms with van der Waals surface area (Å²) in [5, 5.41) is 0. The number of nitrogens with two attached hydrogens (primary N) is 1. The minimum atomic E-state index is -4.41. The van der Waals surface area contributed by atoms with E-state index in [-0.39, 0.29) is 11.7 Å². The van der Waals surface area contributed by atoms with Gasteiger partial charge in [0.2, 0.25) is 0 Å². The van der Waals surface area contributed by atoms with Gasteiger partial charge in [0.15, 0.2) is 0 Å². The highest BCUT2D eigenvalue weighted by atomic mass is 19.4. The predicted molar refractivity (Wildman–Crippen MR) is 55.1 cm³/mol. The van der Waals surface area contributed by atoms with E-state index < -0.39 is 17.8 Å². The minimum absolute atomic E-state index is 0.00639. The molecule has 0 spiro atoms. The van der Waals surface area contributed by atoms with Gasteiger partial charge < -0.3 is 10.5 Å². The van der Waals surface area contributed by atoms with Crippen molar-refractivity contribution < 1.29 is 17.9 Å². The van der Waals surface area contributed by atoms with E-state index in [4.69, 9.17) is 10.5 Å². The lowest BCUT2D eigenvalue weighted by atomic mass is 9.97. The molecule has 3 nitrogen and oxygen atoms in total. The zero-order chi connectivity index (χ0) is 12.5. The fourth-order valence-corrected chi connectivity index (χ4v) is 2.02. The van der Waals surface area contributed by atoms with Crippen LogP contribution in [-0.2, 0) is 10.9 Å². The van der Waals surface area contributed by atoms with Gasteiger partial charge in [0.25, 0.3) is 0 Å². The maximum atomic E-state index is 12.8. The molecule has 17 heavy (non-hydrogen) atoms. The van der Waals surface area contributed by atoms with E-state index in [1.165, 1.54) is 6.20 Å². The lowest BCUT2D eigenvalue weighted by Crippen LogP contribution is -2.28. The van der Waals surface area contributed by atoms with Gasteiger partial charge in [0.05, 0.1) is 17.7 Å². The molecule has 2 rings (SSSR count). The van der Waals surface area contributed by atoms with Crippen LogP contribution in [0.15, 0.2) is 18.5 Å². The van der Waals surface area contributed by atoms with Crippen molar-refractivity contribution in [2.24, 2.45) is 5.73 Å². The van der Waals surface area contributed by atoms with Gasteiger partial charge in [-0.3, -0.25) is 4.98 Å². The lowest BCUT2D eigenvalue weighted by Gasteiger charge is -2.22. The molecule has 2 N–H and O–H groups in total. The molecule has 2 heterocycles. The highest BCUT2D eigenvalue weighted by molar-refractivity contribution is 5.30. The van der Waals surface area contributed by atoms with Crippen LogP contribution in [0.5, 0.6) is 0 Å². The molecular weight excluding hydrogens is 233 g/mol. The summed E-state index contributed by atoms with van der Waals surface area (Å²) in [5.41, 5.74) is 5.11. The topological polar surface area (TPSA) is 48.1 Å². The summed E-state index contributed by atoms with van der Waals surface area (Å²) in [6.07, 6.45) is -0.939. The maximum absolute atomic E-state index is 12.8. The number of hydrogen-bond acceptors (Lipinski definition) is 3. The van der Waals surface area contributed by atoms with Crippen molar-refractivity contribution in [3.63, 3.8) is 0 Å². The second-order valence-corrected chi connectivity index (χ2v) is 4.04. The fourth-order valence-electron chi connectivity index (χ4n) is 2.02. The predicted octanol–water partition coefficient (Wildman–Crippen LogP) is 2.28. The van der Waals surface area contributed by atoms with Gasteiger partial charge >= 0.3 is 6.18 Å². The third-order valence-corrected chi connectivity index (χ3v) is 2.88. The Balaban J connectivity index is 2.31. The Kier molecular flexibility index (Phi) is 3.35. The maximum Gasteiger partial charge on any atom is 0.416 e. The normalized spacial score (nSPS) is 22.7. The van der Waals surface area contributed by atoms with Crippen LogP contribution in [0.25, 0.3) is 0 Å². The van der Waals surface area contributed by atoms with Gasteiger partial charge in [-0.25, -0.2) is 0 Å². The number of hydrogen-bond donors (Lipinski definition) is 1. The summed E-state index contributed by atoms with van der Waals surface area (Å²) in [6, 6.07) is 0.173. The Bertz CT molecular complexity index is 389. The number of nitrogens with zero attached hydrogens (tertiary/aromatic N) is 1. The average molecular weight is 246 g/mol. The van der Waals surface area contributed by atoms with Gasteiger partial charge in [-0.1, -0.05) is 0 Å². The third-order valence-electron chi connectivity index (χ3n) is 2.88. The third kappa shape index (κ3) is 2.58. The number of aromatic nitrogens is 1. The van der Waals surface area contributed by atoms with Crippen molar-refractivity contribution in [3.05, 3.63) is 29.6 Å². The van der Waals surface area contributed by atoms with E-state index in [0.717, 1.165) is 18.7 Å². The first kappa shape index (κ1) is 12.3. The summed E-state index contributed by atoms with van der Waals surface area (Å²) < 4.78 is 43.6. The monoisotopic (exact) mass is 246 g/mol. The van der Waals surface area contributed by atoms with Crippen molar-refractivity contribution in [2.75, 3.05) is 6.61 Å². The largest absolute Gasteiger partial charge is 0.416 e. The molecule has 1 aromatic rings. The first-order valence-corrected chi connectivity index (χ1v) is 5.38. The standard InChI is InChI=1S/C11H13F3N2O/c12-11(13,14)8-3-4-16-6-7(8)10(15)9-2-1-5-17-9/h3-4,6,9-10H,1-2,5,15H2. The SMILES string of the molecule is NC(c1cnccc1C(F)(F)F)C1CCCO1. The molecule has 0 aromatic carbocycles. The summed E-state index contributed by atoms with van der Waals surface area (Å²) >= 11 is 0. The number of pyridine rings is 1. The van der Waals surface area contributed by atoms with Crippen LogP contribution in [0.1, 0.15) is 30.0 Å². The zero-order valence-corrected chi connectivity index (χ0v) is 9.07. The van der Waals surface area contributed by atoms with Crippen molar-refractivity contribution >= 4 is 0 Å². The summed E-state index contributed by atoms with van der Waals surface area (Å²) in [6.45, 7) is 0.556. The first-order valence-electron chi connectivity index (χ1n) is 5.38. The van der Waals surface area contributed by atoms with Gasteiger partial charge in [-0.2, -0.15) is 13.2 Å². The molecule has 94 valence electrons. The lowest BCUT2D eigenvalue weighted by molar-refractivity contribution is -0.138. The van der Waals surface area contributed by atoms with Gasteiger partial charge in [-0.05, 0) is 18.9 Å². The molecule has 6 heteroatoms. The second kappa shape index (κ2) is 4.62. The van der Waals surface area contributed by atoms with Gasteiger partial charge in [0, 0.05) is 24.6 Å². The Hall–Kier alpha value is -1.14. The van der Waals surface area contributed by atoms with Crippen molar-refractivity contribution in [1.82, 2.24) is 4.98 Å². The Morgan fingerprint density at radius 3 is 2.82 bits per heavy atom. The van der Waals surface area contributed by atoms with Crippen LogP contribution in [0.2, 0.25) is 0 Å². The van der Waals surface area contributed by atoms with E-state index in [9.17, 15) is 13.2 Å². The van der Waals surface area contributed by atoms with E-state index in [1.54, 1.807) is 0 Å². The molecule has 1 saturated heterocycles. The summed E-state index contributed by atoms with van der Waals surface area (Å²) in [4.78, 5) is 3.72. The van der Waals surface area contributed by atoms with Crippen molar-refractivity contribution in [1.29, 1.82) is 0 Å². The van der Waals surface area contributed by atoms with Gasteiger partial charge in [0.1, 0.15) is 0 Å². The smallest absolute Gasteiger partial charge is 0.376 e. The van der Waals surface area contributed by atoms with E-state index >= 15 is 0 Å². The quantitative estimate of drug-likeness (QED) is 0.870. The van der Waals surface area contributed by atoms with Crippen molar-refractivity contribution in [2.45, 2.75) is 31.2 Å². The molecule has 0 amide bonds. The average Bonchev–Trinajstić information content (AvgIpc) is 2.80. The van der Waals surface area contributed by atoms with Crippen LogP contribution in [0, 0.1) is 0 Å². The molecule has 2 atom stereocenters. The molecule has 0 aliphatic carbocycles. The van der Waals surface area contributed by atoms with E-state index in [2.05, 4.69) is 4.98 Å². The van der Waals surface area contributed by atoms with Crippen LogP contribution in [0.3, 0.4) is 0 Å². The van der Waals surface area contributed by atoms with Crippen LogP contribution in [-0.4, -0.2) is 17.7 Å². The zero-order valence-electron chi connectivity index (χ0n) is 9.07. The second-order valence-electron chi connectivity index (χ2n) is 4.04. The summed E-state index contributed by atoms with van der Waals surface area (Å²) in [5.74, 6) is 0. The van der Waals surface area contributed by atoms with Crippen LogP contribution >= 0.6 is 0 Å². The molecule has 1 aliphatic rings. The Morgan fingerprint density at radius 1 is 1.47 bits per heavy atom. The number of ether oxygens (including phenoxy) is 1. The molecule has 2 unspecified atom stereocenters. The highest BCUT2D eigenvalue weighted by Crippen LogP contribution is 2.35. The molecular formula is C11H13F3N2O. The summed E-state index contributed by atoms with van der Waals surface area (Å²) in [7, 11) is 0. The first-order chi connectivity index (χ1) is 8.00. The molecule has 1 aliphatic heterocycles. The molecule has 0 saturated carbocycles. The molecule has 0 bridgehead atoms. The molecule has 1 aromatic heterocycles. The minimum Gasteiger partial charge on any atom is -0.376 e. The Morgan fingerprint density at radius 2 is 2.24 bits per heavy atom. The number of alkyl halides is 3. The van der Waals surface area contributed by atoms with Crippen LogP contribution in [0.4, 0.5) is 13.2 Å². The van der Waals surface area contributed by atoms with E-state index in [1.807, 2.05) is 0 Å². The van der Waals surface area contributed by atoms with Gasteiger partial charge in [-0.15, -0.1) is 0 Å². The molecule has 0 radical (unpaired) electrons.